The van der Waals surface area contributed by atoms with Crippen LogP contribution < -0.4 is 10.6 Å². The van der Waals surface area contributed by atoms with Gasteiger partial charge in [0.15, 0.2) is 0 Å². The van der Waals surface area contributed by atoms with E-state index < -0.39 is 0 Å². The first-order valence-electron chi connectivity index (χ1n) is 8.97. The number of hydrogen-bond donors (Lipinski definition) is 2. The summed E-state index contributed by atoms with van der Waals surface area (Å²) in [5.74, 6) is 0.518. The highest BCUT2D eigenvalue weighted by atomic mass is 32.2. The molecule has 0 radical (unpaired) electrons. The number of nitrogens with one attached hydrogen (secondary N) is 2. The van der Waals surface area contributed by atoms with Crippen molar-refractivity contribution in [1.29, 1.82) is 0 Å². The Morgan fingerprint density at radius 2 is 1.50 bits per heavy atom. The van der Waals surface area contributed by atoms with E-state index in [9.17, 15) is 9.59 Å². The molecule has 0 aliphatic carbocycles. The topological polar surface area (TPSA) is 58.2 Å². The van der Waals surface area contributed by atoms with E-state index in [0.717, 1.165) is 11.3 Å². The van der Waals surface area contributed by atoms with Crippen molar-refractivity contribution in [1.82, 2.24) is 0 Å². The lowest BCUT2D eigenvalue weighted by molar-refractivity contribution is -0.114. The summed E-state index contributed by atoms with van der Waals surface area (Å²) in [6, 6.07) is 23.1. The summed E-state index contributed by atoms with van der Waals surface area (Å²) in [6.07, 6.45) is 0. The molecule has 2 amide bonds. The highest BCUT2D eigenvalue weighted by Crippen LogP contribution is 2.23. The van der Waals surface area contributed by atoms with Gasteiger partial charge in [0.05, 0.1) is 0 Å². The zero-order chi connectivity index (χ0) is 19.9. The summed E-state index contributed by atoms with van der Waals surface area (Å²) in [7, 11) is 0. The number of hydrogen-bond acceptors (Lipinski definition) is 3. The third kappa shape index (κ3) is 5.72. The largest absolute Gasteiger partial charge is 0.326 e. The molecule has 0 unspecified atom stereocenters. The summed E-state index contributed by atoms with van der Waals surface area (Å²) < 4.78 is 0. The standard InChI is InChI=1S/C23H22N2O2S/c1-16-6-12-22(13-7-16)28-15-18-8-10-19(11-9-18)23(27)25-21-5-3-4-20(14-21)24-17(2)26/h3-14H,15H2,1-2H3,(H,24,26)(H,25,27). The number of carbonyl (C=O) groups excluding carboxylic acids is 2. The molecule has 142 valence electrons. The summed E-state index contributed by atoms with van der Waals surface area (Å²) in [6.45, 7) is 3.53. The summed E-state index contributed by atoms with van der Waals surface area (Å²) in [5, 5.41) is 5.56. The molecule has 2 N–H and O–H groups in total. The normalized spacial score (nSPS) is 10.4. The van der Waals surface area contributed by atoms with E-state index in [4.69, 9.17) is 0 Å². The minimum atomic E-state index is -0.183. The van der Waals surface area contributed by atoms with Gasteiger partial charge in [-0.15, -0.1) is 11.8 Å². The molecule has 0 atom stereocenters. The number of benzene rings is 3. The first kappa shape index (κ1) is 19.7. The van der Waals surface area contributed by atoms with Crippen LogP contribution in [-0.2, 0) is 10.5 Å². The first-order valence-corrected chi connectivity index (χ1v) is 9.95. The molecule has 0 fully saturated rings. The lowest BCUT2D eigenvalue weighted by Gasteiger charge is -2.09. The molecule has 0 aliphatic heterocycles. The highest BCUT2D eigenvalue weighted by molar-refractivity contribution is 7.98. The second-order valence-corrected chi connectivity index (χ2v) is 7.56. The molecule has 28 heavy (non-hydrogen) atoms. The average molecular weight is 391 g/mol. The Morgan fingerprint density at radius 1 is 0.857 bits per heavy atom. The number of carbonyl (C=O) groups is 2. The van der Waals surface area contributed by atoms with Crippen molar-refractivity contribution in [2.45, 2.75) is 24.5 Å². The van der Waals surface area contributed by atoms with Crippen LogP contribution in [0.15, 0.2) is 77.7 Å². The Balaban J connectivity index is 1.59. The smallest absolute Gasteiger partial charge is 0.255 e. The molecule has 5 heteroatoms. The second-order valence-electron chi connectivity index (χ2n) is 6.51. The maximum absolute atomic E-state index is 12.5. The van der Waals surface area contributed by atoms with Gasteiger partial charge in [-0.25, -0.2) is 0 Å². The van der Waals surface area contributed by atoms with Gasteiger partial charge in [0, 0.05) is 34.5 Å². The van der Waals surface area contributed by atoms with E-state index in [0.29, 0.717) is 16.9 Å². The van der Waals surface area contributed by atoms with Gasteiger partial charge in [-0.2, -0.15) is 0 Å². The molecular formula is C23H22N2O2S. The number of amides is 2. The van der Waals surface area contributed by atoms with Gasteiger partial charge in [-0.3, -0.25) is 9.59 Å². The second kappa shape index (κ2) is 9.24. The molecule has 0 saturated carbocycles. The van der Waals surface area contributed by atoms with E-state index >= 15 is 0 Å². The Morgan fingerprint density at radius 3 is 2.14 bits per heavy atom. The third-order valence-electron chi connectivity index (χ3n) is 4.08. The van der Waals surface area contributed by atoms with E-state index in [1.54, 1.807) is 36.0 Å². The highest BCUT2D eigenvalue weighted by Gasteiger charge is 2.07. The molecular weight excluding hydrogens is 368 g/mol. The van der Waals surface area contributed by atoms with Crippen LogP contribution in [0.2, 0.25) is 0 Å². The van der Waals surface area contributed by atoms with Crippen LogP contribution in [-0.4, -0.2) is 11.8 Å². The molecule has 0 aliphatic rings. The Hall–Kier alpha value is -3.05. The maximum atomic E-state index is 12.5. The summed E-state index contributed by atoms with van der Waals surface area (Å²) >= 11 is 1.77. The Labute approximate surface area is 169 Å². The lowest BCUT2D eigenvalue weighted by Crippen LogP contribution is -2.12. The van der Waals surface area contributed by atoms with E-state index in [1.165, 1.54) is 17.4 Å². The Bertz CT molecular complexity index is 967. The van der Waals surface area contributed by atoms with Crippen molar-refractivity contribution in [3.8, 4) is 0 Å². The Kier molecular flexibility index (Phi) is 6.50. The van der Waals surface area contributed by atoms with Crippen LogP contribution >= 0.6 is 11.8 Å². The van der Waals surface area contributed by atoms with Crippen LogP contribution in [0.25, 0.3) is 0 Å². The van der Waals surface area contributed by atoms with E-state index in [1.807, 2.05) is 24.3 Å². The van der Waals surface area contributed by atoms with Gasteiger partial charge in [-0.1, -0.05) is 35.9 Å². The van der Waals surface area contributed by atoms with Crippen molar-refractivity contribution in [3.05, 3.63) is 89.5 Å². The fraction of sp³-hybridized carbons (Fsp3) is 0.130. The van der Waals surface area contributed by atoms with Crippen LogP contribution in [0.1, 0.15) is 28.4 Å². The molecule has 0 bridgehead atoms. The van der Waals surface area contributed by atoms with Gasteiger partial charge in [0.25, 0.3) is 5.91 Å². The van der Waals surface area contributed by atoms with Crippen LogP contribution in [0.5, 0.6) is 0 Å². The molecule has 3 rings (SSSR count). The van der Waals surface area contributed by atoms with Crippen LogP contribution in [0, 0.1) is 6.92 Å². The molecule has 3 aromatic rings. The van der Waals surface area contributed by atoms with Gasteiger partial charge in [0.1, 0.15) is 0 Å². The number of anilines is 2. The van der Waals surface area contributed by atoms with Crippen molar-refractivity contribution in [2.24, 2.45) is 0 Å². The number of thioether (sulfide) groups is 1. The molecule has 3 aromatic carbocycles. The van der Waals surface area contributed by atoms with Gasteiger partial charge in [-0.05, 0) is 55.0 Å². The van der Waals surface area contributed by atoms with E-state index in [2.05, 4.69) is 41.8 Å². The lowest BCUT2D eigenvalue weighted by atomic mass is 10.1. The average Bonchev–Trinajstić information content (AvgIpc) is 2.68. The third-order valence-corrected chi connectivity index (χ3v) is 5.17. The van der Waals surface area contributed by atoms with Gasteiger partial charge >= 0.3 is 0 Å². The minimum absolute atomic E-state index is 0.150. The molecule has 0 aromatic heterocycles. The SMILES string of the molecule is CC(=O)Nc1cccc(NC(=O)c2ccc(CSc3ccc(C)cc3)cc2)c1. The molecule has 0 spiro atoms. The number of rotatable bonds is 6. The van der Waals surface area contributed by atoms with Gasteiger partial charge in [0.2, 0.25) is 5.91 Å². The minimum Gasteiger partial charge on any atom is -0.326 e. The summed E-state index contributed by atoms with van der Waals surface area (Å²) in [5.41, 5.74) is 4.29. The van der Waals surface area contributed by atoms with Crippen molar-refractivity contribution < 1.29 is 9.59 Å². The fourth-order valence-electron chi connectivity index (χ4n) is 2.63. The fourth-order valence-corrected chi connectivity index (χ4v) is 3.49. The number of aryl methyl sites for hydroxylation is 1. The maximum Gasteiger partial charge on any atom is 0.255 e. The predicted octanol–water partition coefficient (Wildman–Crippen LogP) is 5.50. The van der Waals surface area contributed by atoms with Crippen LogP contribution in [0.4, 0.5) is 11.4 Å². The van der Waals surface area contributed by atoms with E-state index in [-0.39, 0.29) is 11.8 Å². The quantitative estimate of drug-likeness (QED) is 0.547. The predicted molar refractivity (Wildman–Crippen MR) is 116 cm³/mol. The zero-order valence-electron chi connectivity index (χ0n) is 15.9. The first-order chi connectivity index (χ1) is 13.5. The monoisotopic (exact) mass is 390 g/mol. The van der Waals surface area contributed by atoms with Crippen molar-refractivity contribution in [3.63, 3.8) is 0 Å². The van der Waals surface area contributed by atoms with Gasteiger partial charge < -0.3 is 10.6 Å². The van der Waals surface area contributed by atoms with Crippen molar-refractivity contribution in [2.75, 3.05) is 10.6 Å². The zero-order valence-corrected chi connectivity index (χ0v) is 16.7. The molecule has 0 heterocycles. The van der Waals surface area contributed by atoms with Crippen LogP contribution in [0.3, 0.4) is 0 Å². The molecule has 0 saturated heterocycles. The summed E-state index contributed by atoms with van der Waals surface area (Å²) in [4.78, 5) is 24.9. The van der Waals surface area contributed by atoms with Crippen molar-refractivity contribution >= 4 is 35.0 Å². The molecule has 4 nitrogen and oxygen atoms in total.